The zero-order chi connectivity index (χ0) is 12.1. The molecule has 0 aromatic heterocycles. The second-order valence-corrected chi connectivity index (χ2v) is 5.81. The fourth-order valence-corrected chi connectivity index (χ4v) is 2.74. The summed E-state index contributed by atoms with van der Waals surface area (Å²) in [5.74, 6) is 0. The smallest absolute Gasteiger partial charge is 0.0574 e. The quantitative estimate of drug-likeness (QED) is 0.490. The van der Waals surface area contributed by atoms with Crippen LogP contribution in [0.1, 0.15) is 19.3 Å². The van der Waals surface area contributed by atoms with E-state index in [-0.39, 0.29) is 0 Å². The van der Waals surface area contributed by atoms with Crippen LogP contribution in [0.25, 0.3) is 0 Å². The molecule has 1 aromatic carbocycles. The van der Waals surface area contributed by atoms with Gasteiger partial charge in [0.25, 0.3) is 0 Å². The Morgan fingerprint density at radius 3 is 2.76 bits per heavy atom. The molecule has 3 N–H and O–H groups in total. The monoisotopic (exact) mass is 345 g/mol. The Kier molecular flexibility index (Phi) is 4.91. The zero-order valence-electron chi connectivity index (χ0n) is 10.1. The maximum absolute atomic E-state index is 5.95. The molecule has 17 heavy (non-hydrogen) atoms. The van der Waals surface area contributed by atoms with Crippen molar-refractivity contribution in [1.29, 1.82) is 0 Å². The molecule has 2 rings (SSSR count). The molecule has 3 nitrogen and oxygen atoms in total. The summed E-state index contributed by atoms with van der Waals surface area (Å²) in [7, 11) is 0. The van der Waals surface area contributed by atoms with Gasteiger partial charge in [0.1, 0.15) is 0 Å². The van der Waals surface area contributed by atoms with Gasteiger partial charge in [-0.1, -0.05) is 0 Å². The second-order valence-electron chi connectivity index (χ2n) is 4.56. The largest absolute Gasteiger partial charge is 0.397 e. The molecule has 1 fully saturated rings. The molecule has 1 aromatic rings. The van der Waals surface area contributed by atoms with Crippen LogP contribution in [-0.4, -0.2) is 31.1 Å². The number of nitrogen functional groups attached to an aromatic ring is 1. The molecule has 0 bridgehead atoms. The minimum atomic E-state index is 0.845. The maximum atomic E-state index is 5.95. The number of nitrogens with two attached hydrogens (primary N) is 1. The minimum absolute atomic E-state index is 0.845. The molecule has 0 atom stereocenters. The van der Waals surface area contributed by atoms with Crippen molar-refractivity contribution in [1.82, 2.24) is 4.90 Å². The van der Waals surface area contributed by atoms with Crippen molar-refractivity contribution in [2.45, 2.75) is 19.3 Å². The molecule has 94 valence electrons. The molecular weight excluding hydrogens is 325 g/mol. The molecule has 0 radical (unpaired) electrons. The van der Waals surface area contributed by atoms with Gasteiger partial charge in [-0.3, -0.25) is 0 Å². The highest BCUT2D eigenvalue weighted by atomic mass is 127. The van der Waals surface area contributed by atoms with Crippen molar-refractivity contribution in [3.8, 4) is 0 Å². The van der Waals surface area contributed by atoms with E-state index in [1.807, 2.05) is 6.07 Å². The van der Waals surface area contributed by atoms with E-state index in [1.54, 1.807) is 0 Å². The number of hydrogen-bond donors (Lipinski definition) is 2. The van der Waals surface area contributed by atoms with Gasteiger partial charge in [0.15, 0.2) is 0 Å². The van der Waals surface area contributed by atoms with Gasteiger partial charge in [0.2, 0.25) is 0 Å². The first-order valence-corrected chi connectivity index (χ1v) is 7.35. The Labute approximate surface area is 117 Å². The van der Waals surface area contributed by atoms with Crippen LogP contribution in [0.2, 0.25) is 0 Å². The summed E-state index contributed by atoms with van der Waals surface area (Å²) in [6.07, 6.45) is 3.93. The highest BCUT2D eigenvalue weighted by Gasteiger charge is 2.10. The van der Waals surface area contributed by atoms with Gasteiger partial charge in [-0.15, -0.1) is 0 Å². The number of anilines is 2. The Hall–Kier alpha value is -0.490. The van der Waals surface area contributed by atoms with E-state index >= 15 is 0 Å². The van der Waals surface area contributed by atoms with Crippen molar-refractivity contribution in [3.05, 3.63) is 21.8 Å². The van der Waals surface area contributed by atoms with E-state index in [0.717, 1.165) is 17.9 Å². The fraction of sp³-hybridized carbons (Fsp3) is 0.538. The van der Waals surface area contributed by atoms with Gasteiger partial charge in [0, 0.05) is 10.1 Å². The SMILES string of the molecule is Nc1cc(I)ccc1NCCCN1CCCC1. The van der Waals surface area contributed by atoms with Gasteiger partial charge in [0.05, 0.1) is 11.4 Å². The van der Waals surface area contributed by atoms with Crippen molar-refractivity contribution in [3.63, 3.8) is 0 Å². The third-order valence-corrected chi connectivity index (χ3v) is 3.85. The van der Waals surface area contributed by atoms with Gasteiger partial charge in [-0.25, -0.2) is 0 Å². The lowest BCUT2D eigenvalue weighted by molar-refractivity contribution is 0.337. The van der Waals surface area contributed by atoms with E-state index in [1.165, 1.54) is 42.5 Å². The average Bonchev–Trinajstić information content (AvgIpc) is 2.79. The summed E-state index contributed by atoms with van der Waals surface area (Å²) in [4.78, 5) is 2.54. The molecule has 0 amide bonds. The Morgan fingerprint density at radius 1 is 1.29 bits per heavy atom. The lowest BCUT2D eigenvalue weighted by atomic mass is 10.2. The summed E-state index contributed by atoms with van der Waals surface area (Å²) in [5.41, 5.74) is 7.86. The number of benzene rings is 1. The Bertz CT molecular complexity index is 362. The molecule has 0 spiro atoms. The normalized spacial score (nSPS) is 16.3. The van der Waals surface area contributed by atoms with Crippen LogP contribution in [-0.2, 0) is 0 Å². The molecule has 4 heteroatoms. The van der Waals surface area contributed by atoms with Gasteiger partial charge >= 0.3 is 0 Å². The molecule has 0 aliphatic carbocycles. The molecule has 1 saturated heterocycles. The van der Waals surface area contributed by atoms with Crippen molar-refractivity contribution in [2.24, 2.45) is 0 Å². The first-order valence-electron chi connectivity index (χ1n) is 6.27. The average molecular weight is 345 g/mol. The van der Waals surface area contributed by atoms with Crippen molar-refractivity contribution < 1.29 is 0 Å². The van der Waals surface area contributed by atoms with Crippen LogP contribution >= 0.6 is 22.6 Å². The van der Waals surface area contributed by atoms with Crippen LogP contribution in [0.15, 0.2) is 18.2 Å². The molecule has 1 aliphatic heterocycles. The van der Waals surface area contributed by atoms with Crippen molar-refractivity contribution >= 4 is 34.0 Å². The lowest BCUT2D eigenvalue weighted by Crippen LogP contribution is -2.22. The number of nitrogens with zero attached hydrogens (tertiary/aromatic N) is 1. The van der Waals surface area contributed by atoms with E-state index in [2.05, 4.69) is 44.9 Å². The van der Waals surface area contributed by atoms with Gasteiger partial charge < -0.3 is 16.0 Å². The van der Waals surface area contributed by atoms with Gasteiger partial charge in [-0.2, -0.15) is 0 Å². The topological polar surface area (TPSA) is 41.3 Å². The van der Waals surface area contributed by atoms with Gasteiger partial charge in [-0.05, 0) is 79.7 Å². The summed E-state index contributed by atoms with van der Waals surface area (Å²) in [6, 6.07) is 6.15. The first kappa shape index (κ1) is 13.0. The Balaban J connectivity index is 1.70. The predicted molar refractivity (Wildman–Crippen MR) is 82.4 cm³/mol. The summed E-state index contributed by atoms with van der Waals surface area (Å²) >= 11 is 2.28. The first-order chi connectivity index (χ1) is 8.25. The van der Waals surface area contributed by atoms with E-state index in [4.69, 9.17) is 5.73 Å². The minimum Gasteiger partial charge on any atom is -0.397 e. The van der Waals surface area contributed by atoms with Crippen LogP contribution in [0, 0.1) is 3.57 Å². The highest BCUT2D eigenvalue weighted by molar-refractivity contribution is 14.1. The van der Waals surface area contributed by atoms with E-state index in [9.17, 15) is 0 Å². The van der Waals surface area contributed by atoms with Crippen LogP contribution in [0.5, 0.6) is 0 Å². The predicted octanol–water partition coefficient (Wildman–Crippen LogP) is 2.77. The third-order valence-electron chi connectivity index (χ3n) is 3.18. The number of rotatable bonds is 5. The number of halogens is 1. The number of likely N-dealkylation sites (tertiary alicyclic amines) is 1. The van der Waals surface area contributed by atoms with E-state index in [0.29, 0.717) is 0 Å². The van der Waals surface area contributed by atoms with Crippen LogP contribution < -0.4 is 11.1 Å². The highest BCUT2D eigenvalue weighted by Crippen LogP contribution is 2.20. The Morgan fingerprint density at radius 2 is 2.06 bits per heavy atom. The van der Waals surface area contributed by atoms with Crippen molar-refractivity contribution in [2.75, 3.05) is 37.2 Å². The molecule has 1 aliphatic rings. The maximum Gasteiger partial charge on any atom is 0.0574 e. The molecule has 0 unspecified atom stereocenters. The van der Waals surface area contributed by atoms with Crippen LogP contribution in [0.4, 0.5) is 11.4 Å². The lowest BCUT2D eigenvalue weighted by Gasteiger charge is -2.15. The summed E-state index contributed by atoms with van der Waals surface area (Å²) in [6.45, 7) is 4.77. The van der Waals surface area contributed by atoms with Crippen LogP contribution in [0.3, 0.4) is 0 Å². The zero-order valence-corrected chi connectivity index (χ0v) is 12.2. The molecule has 0 saturated carbocycles. The summed E-state index contributed by atoms with van der Waals surface area (Å²) < 4.78 is 1.18. The third kappa shape index (κ3) is 4.03. The standard InChI is InChI=1S/C13H20IN3/c14-11-4-5-13(12(15)10-11)16-6-3-9-17-7-1-2-8-17/h4-5,10,16H,1-3,6-9,15H2. The van der Waals surface area contributed by atoms with E-state index < -0.39 is 0 Å². The fourth-order valence-electron chi connectivity index (χ4n) is 2.23. The molecule has 1 heterocycles. The number of nitrogens with one attached hydrogen (secondary N) is 1. The number of hydrogen-bond acceptors (Lipinski definition) is 3. The molecular formula is C13H20IN3. The summed E-state index contributed by atoms with van der Waals surface area (Å²) in [5, 5.41) is 3.41. The second kappa shape index (κ2) is 6.44.